The van der Waals surface area contributed by atoms with Crippen molar-refractivity contribution in [2.75, 3.05) is 5.32 Å². The monoisotopic (exact) mass is 267 g/mol. The lowest BCUT2D eigenvalue weighted by atomic mass is 10.2. The van der Waals surface area contributed by atoms with Gasteiger partial charge in [0.1, 0.15) is 5.65 Å². The molecule has 3 rings (SSSR count). The highest BCUT2D eigenvalue weighted by atomic mass is 16.4. The van der Waals surface area contributed by atoms with Crippen LogP contribution in [-0.2, 0) is 6.54 Å². The third-order valence-electron chi connectivity index (χ3n) is 3.13. The summed E-state index contributed by atoms with van der Waals surface area (Å²) in [5, 5.41) is 13.2. The van der Waals surface area contributed by atoms with E-state index in [2.05, 4.69) is 15.3 Å². The number of pyridine rings is 1. The van der Waals surface area contributed by atoms with E-state index in [9.17, 15) is 4.79 Å². The Kier molecular flexibility index (Phi) is 3.09. The molecule has 3 N–H and O–H groups in total. The minimum absolute atomic E-state index is 0.274. The van der Waals surface area contributed by atoms with Gasteiger partial charge in [-0.25, -0.2) is 9.78 Å². The largest absolute Gasteiger partial charge is 0.478 e. The third kappa shape index (κ3) is 2.33. The number of fused-ring (bicyclic) bond motifs is 1. The van der Waals surface area contributed by atoms with E-state index in [1.165, 1.54) is 0 Å². The number of nitrogens with one attached hydrogen (secondary N) is 2. The molecule has 0 radical (unpaired) electrons. The summed E-state index contributed by atoms with van der Waals surface area (Å²) in [4.78, 5) is 18.3. The van der Waals surface area contributed by atoms with Crippen LogP contribution in [0.25, 0.3) is 11.0 Å². The smallest absolute Gasteiger partial charge is 0.335 e. The number of H-pyrrole nitrogens is 1. The fraction of sp³-hybridized carbons (Fsp3) is 0.0667. The molecule has 0 saturated carbocycles. The number of anilines is 1. The van der Waals surface area contributed by atoms with Gasteiger partial charge in [0.05, 0.1) is 5.56 Å². The molecule has 0 fully saturated rings. The first-order valence-corrected chi connectivity index (χ1v) is 6.22. The van der Waals surface area contributed by atoms with E-state index in [1.807, 2.05) is 24.4 Å². The molecular weight excluding hydrogens is 254 g/mol. The maximum Gasteiger partial charge on any atom is 0.335 e. The van der Waals surface area contributed by atoms with Crippen LogP contribution in [0.2, 0.25) is 0 Å². The normalized spacial score (nSPS) is 10.6. The molecule has 0 unspecified atom stereocenters. The molecule has 3 aromatic rings. The topological polar surface area (TPSA) is 78.0 Å². The van der Waals surface area contributed by atoms with Crippen LogP contribution in [0.5, 0.6) is 0 Å². The summed E-state index contributed by atoms with van der Waals surface area (Å²) >= 11 is 0. The molecule has 100 valence electrons. The molecule has 0 saturated heterocycles. The number of nitrogens with zero attached hydrogens (tertiary/aromatic N) is 1. The zero-order valence-corrected chi connectivity index (χ0v) is 10.6. The molecular formula is C15H13N3O2. The summed E-state index contributed by atoms with van der Waals surface area (Å²) in [6.45, 7) is 0.606. The SMILES string of the molecule is O=C(O)c1cccc(NCc2c[nH]c3ncccc23)c1. The zero-order chi connectivity index (χ0) is 13.9. The summed E-state index contributed by atoms with van der Waals surface area (Å²) in [7, 11) is 0. The lowest BCUT2D eigenvalue weighted by Gasteiger charge is -2.06. The van der Waals surface area contributed by atoms with Gasteiger partial charge in [-0.2, -0.15) is 0 Å². The van der Waals surface area contributed by atoms with Gasteiger partial charge in [0.15, 0.2) is 0 Å². The van der Waals surface area contributed by atoms with E-state index >= 15 is 0 Å². The molecule has 0 bridgehead atoms. The number of carboxylic acids is 1. The second-order valence-electron chi connectivity index (χ2n) is 4.45. The average Bonchev–Trinajstić information content (AvgIpc) is 2.89. The first kappa shape index (κ1) is 12.2. The molecule has 0 aliphatic carbocycles. The van der Waals surface area contributed by atoms with Gasteiger partial charge < -0.3 is 15.4 Å². The molecule has 2 aromatic heterocycles. The van der Waals surface area contributed by atoms with Gasteiger partial charge in [0.2, 0.25) is 0 Å². The van der Waals surface area contributed by atoms with Crippen LogP contribution in [0.3, 0.4) is 0 Å². The lowest BCUT2D eigenvalue weighted by molar-refractivity contribution is 0.0697. The van der Waals surface area contributed by atoms with Crippen molar-refractivity contribution in [1.29, 1.82) is 0 Å². The Hall–Kier alpha value is -2.82. The van der Waals surface area contributed by atoms with Crippen LogP contribution in [0, 0.1) is 0 Å². The molecule has 0 spiro atoms. The first-order chi connectivity index (χ1) is 9.74. The second-order valence-corrected chi connectivity index (χ2v) is 4.45. The number of aromatic amines is 1. The van der Waals surface area contributed by atoms with Gasteiger partial charge in [-0.1, -0.05) is 6.07 Å². The van der Waals surface area contributed by atoms with Gasteiger partial charge in [-0.05, 0) is 35.9 Å². The van der Waals surface area contributed by atoms with Gasteiger partial charge in [0, 0.05) is 30.0 Å². The molecule has 0 amide bonds. The molecule has 1 aromatic carbocycles. The summed E-state index contributed by atoms with van der Waals surface area (Å²) in [5.41, 5.74) is 3.00. The van der Waals surface area contributed by atoms with Gasteiger partial charge in [-0.3, -0.25) is 0 Å². The average molecular weight is 267 g/mol. The summed E-state index contributed by atoms with van der Waals surface area (Å²) in [5.74, 6) is -0.926. The van der Waals surface area contributed by atoms with E-state index in [4.69, 9.17) is 5.11 Å². The van der Waals surface area contributed by atoms with E-state index in [1.54, 1.807) is 24.4 Å². The van der Waals surface area contributed by atoms with Crippen LogP contribution in [0.4, 0.5) is 5.69 Å². The van der Waals surface area contributed by atoms with Crippen LogP contribution >= 0.6 is 0 Å². The Morgan fingerprint density at radius 1 is 1.30 bits per heavy atom. The molecule has 0 atom stereocenters. The number of aromatic nitrogens is 2. The van der Waals surface area contributed by atoms with E-state index in [0.717, 1.165) is 22.3 Å². The summed E-state index contributed by atoms with van der Waals surface area (Å²) in [6, 6.07) is 10.7. The van der Waals surface area contributed by atoms with Crippen molar-refractivity contribution >= 4 is 22.7 Å². The van der Waals surface area contributed by atoms with Crippen LogP contribution in [0.1, 0.15) is 15.9 Å². The van der Waals surface area contributed by atoms with E-state index < -0.39 is 5.97 Å². The fourth-order valence-corrected chi connectivity index (χ4v) is 2.12. The molecule has 0 aliphatic heterocycles. The van der Waals surface area contributed by atoms with Crippen molar-refractivity contribution in [3.05, 3.63) is 59.9 Å². The quantitative estimate of drug-likeness (QED) is 0.679. The maximum atomic E-state index is 10.9. The minimum atomic E-state index is -0.926. The number of carbonyl (C=O) groups is 1. The number of hydrogen-bond donors (Lipinski definition) is 3. The van der Waals surface area contributed by atoms with Gasteiger partial charge >= 0.3 is 5.97 Å². The zero-order valence-electron chi connectivity index (χ0n) is 10.6. The molecule has 2 heterocycles. The Morgan fingerprint density at radius 3 is 3.05 bits per heavy atom. The van der Waals surface area contributed by atoms with Crippen molar-refractivity contribution in [2.24, 2.45) is 0 Å². The molecule has 5 nitrogen and oxygen atoms in total. The summed E-state index contributed by atoms with van der Waals surface area (Å²) in [6.07, 6.45) is 3.65. The van der Waals surface area contributed by atoms with Crippen molar-refractivity contribution in [3.8, 4) is 0 Å². The van der Waals surface area contributed by atoms with Gasteiger partial charge in [-0.15, -0.1) is 0 Å². The predicted octanol–water partition coefficient (Wildman–Crippen LogP) is 2.87. The van der Waals surface area contributed by atoms with E-state index in [-0.39, 0.29) is 5.56 Å². The highest BCUT2D eigenvalue weighted by Gasteiger charge is 2.05. The van der Waals surface area contributed by atoms with Crippen LogP contribution < -0.4 is 5.32 Å². The maximum absolute atomic E-state index is 10.9. The molecule has 20 heavy (non-hydrogen) atoms. The molecule has 0 aliphatic rings. The number of benzene rings is 1. The standard InChI is InChI=1S/C15H13N3O2/c19-15(20)10-3-1-4-12(7-10)17-8-11-9-18-14-13(11)5-2-6-16-14/h1-7,9,17H,8H2,(H,16,18)(H,19,20). The van der Waals surface area contributed by atoms with Gasteiger partial charge in [0.25, 0.3) is 0 Å². The van der Waals surface area contributed by atoms with E-state index in [0.29, 0.717) is 6.54 Å². The van der Waals surface area contributed by atoms with Crippen LogP contribution in [0.15, 0.2) is 48.8 Å². The summed E-state index contributed by atoms with van der Waals surface area (Å²) < 4.78 is 0. The Balaban J connectivity index is 1.79. The van der Waals surface area contributed by atoms with Crippen molar-refractivity contribution in [2.45, 2.75) is 6.54 Å². The number of carboxylic acid groups (broad SMARTS) is 1. The Labute approximate surface area is 115 Å². The third-order valence-corrected chi connectivity index (χ3v) is 3.13. The highest BCUT2D eigenvalue weighted by Crippen LogP contribution is 2.18. The Bertz CT molecular complexity index is 764. The number of hydrogen-bond acceptors (Lipinski definition) is 3. The van der Waals surface area contributed by atoms with Crippen LogP contribution in [-0.4, -0.2) is 21.0 Å². The Morgan fingerprint density at radius 2 is 2.20 bits per heavy atom. The number of rotatable bonds is 4. The highest BCUT2D eigenvalue weighted by molar-refractivity contribution is 5.88. The molecule has 5 heteroatoms. The van der Waals surface area contributed by atoms with Crippen molar-refractivity contribution in [3.63, 3.8) is 0 Å². The fourth-order valence-electron chi connectivity index (χ4n) is 2.12. The number of aromatic carboxylic acids is 1. The second kappa shape index (κ2) is 5.05. The lowest BCUT2D eigenvalue weighted by Crippen LogP contribution is -2.01. The van der Waals surface area contributed by atoms with Crippen molar-refractivity contribution in [1.82, 2.24) is 9.97 Å². The first-order valence-electron chi connectivity index (χ1n) is 6.22. The predicted molar refractivity (Wildman–Crippen MR) is 76.8 cm³/mol. The van der Waals surface area contributed by atoms with Crippen molar-refractivity contribution < 1.29 is 9.90 Å². The minimum Gasteiger partial charge on any atom is -0.478 e.